The second-order valence-electron chi connectivity index (χ2n) is 2.62. The van der Waals surface area contributed by atoms with E-state index in [2.05, 4.69) is 20.9 Å². The third kappa shape index (κ3) is 1.32. The van der Waals surface area contributed by atoms with Gasteiger partial charge in [0.2, 0.25) is 0 Å². The van der Waals surface area contributed by atoms with Gasteiger partial charge in [-0.2, -0.15) is 5.26 Å². The van der Waals surface area contributed by atoms with Crippen LogP contribution >= 0.6 is 27.5 Å². The Morgan fingerprint density at radius 1 is 1.46 bits per heavy atom. The summed E-state index contributed by atoms with van der Waals surface area (Å²) in [6.45, 7) is 0. The Hall–Kier alpha value is -0.980. The SMILES string of the molecule is N#Cc1[nH]c2ccc(Br)cc2c1Cl. The maximum absolute atomic E-state index is 8.71. The third-order valence-corrected chi connectivity index (χ3v) is 2.69. The van der Waals surface area contributed by atoms with E-state index >= 15 is 0 Å². The molecule has 0 radical (unpaired) electrons. The second-order valence-corrected chi connectivity index (χ2v) is 3.91. The minimum absolute atomic E-state index is 0.412. The van der Waals surface area contributed by atoms with Crippen LogP contribution in [0.25, 0.3) is 10.9 Å². The van der Waals surface area contributed by atoms with Crippen LogP contribution in [0, 0.1) is 11.3 Å². The van der Waals surface area contributed by atoms with Crippen LogP contribution in [0.2, 0.25) is 5.02 Å². The molecule has 0 saturated carbocycles. The number of H-pyrrole nitrogens is 1. The standard InChI is InChI=1S/C9H4BrClN2/c10-5-1-2-7-6(3-5)9(11)8(4-12)13-7/h1-3,13H. The summed E-state index contributed by atoms with van der Waals surface area (Å²) in [5.74, 6) is 0. The number of halogens is 2. The van der Waals surface area contributed by atoms with Gasteiger partial charge < -0.3 is 4.98 Å². The Kier molecular flexibility index (Phi) is 2.03. The number of hydrogen-bond donors (Lipinski definition) is 1. The lowest BCUT2D eigenvalue weighted by atomic mass is 10.2. The first-order valence-electron chi connectivity index (χ1n) is 3.59. The van der Waals surface area contributed by atoms with Crippen LogP contribution in [0.4, 0.5) is 0 Å². The molecule has 0 spiro atoms. The maximum Gasteiger partial charge on any atom is 0.137 e. The van der Waals surface area contributed by atoms with Gasteiger partial charge in [0.1, 0.15) is 11.8 Å². The largest absolute Gasteiger partial charge is 0.345 e. The molecule has 0 unspecified atom stereocenters. The number of nitrogens with one attached hydrogen (secondary N) is 1. The monoisotopic (exact) mass is 254 g/mol. The van der Waals surface area contributed by atoms with Gasteiger partial charge in [0, 0.05) is 15.4 Å². The average molecular weight is 256 g/mol. The molecule has 1 aromatic carbocycles. The van der Waals surface area contributed by atoms with E-state index < -0.39 is 0 Å². The molecule has 0 aliphatic rings. The predicted octanol–water partition coefficient (Wildman–Crippen LogP) is 3.46. The molecule has 13 heavy (non-hydrogen) atoms. The van der Waals surface area contributed by atoms with Crippen molar-refractivity contribution in [2.45, 2.75) is 0 Å². The number of fused-ring (bicyclic) bond motifs is 1. The molecule has 4 heteroatoms. The molecule has 2 nitrogen and oxygen atoms in total. The molecule has 0 aliphatic carbocycles. The summed E-state index contributed by atoms with van der Waals surface area (Å²) >= 11 is 9.30. The molecule has 0 bridgehead atoms. The summed E-state index contributed by atoms with van der Waals surface area (Å²) in [4.78, 5) is 2.93. The predicted molar refractivity (Wildman–Crippen MR) is 55.7 cm³/mol. The molecule has 1 N–H and O–H groups in total. The minimum atomic E-state index is 0.412. The van der Waals surface area contributed by atoms with Crippen molar-refractivity contribution < 1.29 is 0 Å². The Balaban J connectivity index is 2.87. The van der Waals surface area contributed by atoms with Crippen molar-refractivity contribution in [1.82, 2.24) is 4.98 Å². The number of hydrogen-bond acceptors (Lipinski definition) is 1. The highest BCUT2D eigenvalue weighted by Gasteiger charge is 2.08. The normalized spacial score (nSPS) is 10.2. The minimum Gasteiger partial charge on any atom is -0.345 e. The fraction of sp³-hybridized carbons (Fsp3) is 0. The quantitative estimate of drug-likeness (QED) is 0.769. The Bertz CT molecular complexity index is 510. The molecule has 1 aromatic heterocycles. The Morgan fingerprint density at radius 3 is 2.92 bits per heavy atom. The zero-order valence-electron chi connectivity index (χ0n) is 6.44. The summed E-state index contributed by atoms with van der Waals surface area (Å²) in [6.07, 6.45) is 0. The van der Waals surface area contributed by atoms with Gasteiger partial charge in [-0.1, -0.05) is 27.5 Å². The first kappa shape index (κ1) is 8.61. The number of rotatable bonds is 0. The lowest BCUT2D eigenvalue weighted by Gasteiger charge is -1.90. The number of aromatic nitrogens is 1. The molecule has 1 heterocycles. The van der Waals surface area contributed by atoms with Crippen LogP contribution in [-0.4, -0.2) is 4.98 Å². The first-order chi connectivity index (χ1) is 6.22. The van der Waals surface area contributed by atoms with E-state index in [-0.39, 0.29) is 0 Å². The molecule has 0 saturated heterocycles. The molecule has 0 fully saturated rings. The van der Waals surface area contributed by atoms with Gasteiger partial charge >= 0.3 is 0 Å². The lowest BCUT2D eigenvalue weighted by molar-refractivity contribution is 1.37. The topological polar surface area (TPSA) is 39.6 Å². The fourth-order valence-electron chi connectivity index (χ4n) is 1.21. The smallest absolute Gasteiger partial charge is 0.137 e. The van der Waals surface area contributed by atoms with Gasteiger partial charge in [0.05, 0.1) is 5.02 Å². The van der Waals surface area contributed by atoms with Gasteiger partial charge in [-0.15, -0.1) is 0 Å². The molecular weight excluding hydrogens is 251 g/mol. The average Bonchev–Trinajstić information content (AvgIpc) is 2.44. The van der Waals surface area contributed by atoms with Crippen molar-refractivity contribution in [3.05, 3.63) is 33.4 Å². The van der Waals surface area contributed by atoms with E-state index in [4.69, 9.17) is 16.9 Å². The Labute approximate surface area is 88.3 Å². The van der Waals surface area contributed by atoms with Crippen molar-refractivity contribution in [2.75, 3.05) is 0 Å². The summed E-state index contributed by atoms with van der Waals surface area (Å²) in [6, 6.07) is 7.67. The van der Waals surface area contributed by atoms with Gasteiger partial charge in [-0.05, 0) is 18.2 Å². The van der Waals surface area contributed by atoms with Crippen molar-refractivity contribution >= 4 is 38.4 Å². The summed E-state index contributed by atoms with van der Waals surface area (Å²) in [5, 5.41) is 10.1. The van der Waals surface area contributed by atoms with Crippen molar-refractivity contribution in [3.8, 4) is 6.07 Å². The summed E-state index contributed by atoms with van der Waals surface area (Å²) in [5.41, 5.74) is 1.29. The van der Waals surface area contributed by atoms with E-state index in [9.17, 15) is 0 Å². The molecule has 0 amide bonds. The zero-order chi connectivity index (χ0) is 9.42. The van der Waals surface area contributed by atoms with Crippen LogP contribution in [0.3, 0.4) is 0 Å². The van der Waals surface area contributed by atoms with E-state index in [0.29, 0.717) is 10.7 Å². The van der Waals surface area contributed by atoms with Crippen LogP contribution in [0.1, 0.15) is 5.69 Å². The molecule has 0 atom stereocenters. The van der Waals surface area contributed by atoms with Crippen LogP contribution in [0.15, 0.2) is 22.7 Å². The first-order valence-corrected chi connectivity index (χ1v) is 4.76. The third-order valence-electron chi connectivity index (χ3n) is 1.81. The number of nitrogens with zero attached hydrogens (tertiary/aromatic N) is 1. The number of nitriles is 1. The molecule has 2 aromatic rings. The highest BCUT2D eigenvalue weighted by molar-refractivity contribution is 9.10. The number of aromatic amines is 1. The van der Waals surface area contributed by atoms with Crippen molar-refractivity contribution in [2.24, 2.45) is 0 Å². The molecule has 0 aliphatic heterocycles. The highest BCUT2D eigenvalue weighted by Crippen LogP contribution is 2.29. The van der Waals surface area contributed by atoms with E-state index in [1.54, 1.807) is 0 Å². The molecular formula is C9H4BrClN2. The van der Waals surface area contributed by atoms with Gasteiger partial charge in [0.25, 0.3) is 0 Å². The van der Waals surface area contributed by atoms with Gasteiger partial charge in [-0.3, -0.25) is 0 Å². The fourth-order valence-corrected chi connectivity index (χ4v) is 1.82. The van der Waals surface area contributed by atoms with Crippen LogP contribution in [-0.2, 0) is 0 Å². The Morgan fingerprint density at radius 2 is 2.23 bits per heavy atom. The zero-order valence-corrected chi connectivity index (χ0v) is 8.78. The van der Waals surface area contributed by atoms with Crippen molar-refractivity contribution in [3.63, 3.8) is 0 Å². The maximum atomic E-state index is 8.71. The highest BCUT2D eigenvalue weighted by atomic mass is 79.9. The van der Waals surface area contributed by atoms with E-state index in [0.717, 1.165) is 15.4 Å². The van der Waals surface area contributed by atoms with Crippen LogP contribution < -0.4 is 0 Å². The summed E-state index contributed by atoms with van der Waals surface area (Å²) in [7, 11) is 0. The van der Waals surface area contributed by atoms with E-state index in [1.165, 1.54) is 0 Å². The lowest BCUT2D eigenvalue weighted by Crippen LogP contribution is -1.69. The van der Waals surface area contributed by atoms with Crippen molar-refractivity contribution in [1.29, 1.82) is 5.26 Å². The molecule has 64 valence electrons. The van der Waals surface area contributed by atoms with Gasteiger partial charge in [0.15, 0.2) is 0 Å². The van der Waals surface area contributed by atoms with Gasteiger partial charge in [-0.25, -0.2) is 0 Å². The second kappa shape index (κ2) is 3.06. The van der Waals surface area contributed by atoms with E-state index in [1.807, 2.05) is 24.3 Å². The molecule has 2 rings (SSSR count). The van der Waals surface area contributed by atoms with Crippen LogP contribution in [0.5, 0.6) is 0 Å². The summed E-state index contributed by atoms with van der Waals surface area (Å²) < 4.78 is 0.949. The number of benzene rings is 1.